The normalized spacial score (nSPS) is 17.3. The first-order valence-electron chi connectivity index (χ1n) is 5.22. The fraction of sp³-hybridized carbons (Fsp3) is 0.667. The molecule has 0 aromatic carbocycles. The minimum Gasteiger partial charge on any atom is -0.378 e. The highest BCUT2D eigenvalue weighted by Gasteiger charge is 2.11. The molecule has 3 heteroatoms. The van der Waals surface area contributed by atoms with Crippen LogP contribution in [0.3, 0.4) is 0 Å². The Balaban J connectivity index is 2.29. The molecule has 2 N–H and O–H groups in total. The topological polar surface area (TPSA) is 33.9 Å². The Morgan fingerprint density at radius 1 is 1.27 bits per heavy atom. The van der Waals surface area contributed by atoms with Crippen molar-refractivity contribution in [1.82, 2.24) is 0 Å². The molecule has 0 atom stereocenters. The minimum atomic E-state index is -0.944. The van der Waals surface area contributed by atoms with E-state index in [0.717, 1.165) is 32.8 Å². The van der Waals surface area contributed by atoms with Crippen LogP contribution in [0.2, 0.25) is 0 Å². The van der Waals surface area contributed by atoms with Crippen molar-refractivity contribution >= 4 is 0 Å². The Hall–Kier alpha value is -1.00. The zero-order valence-corrected chi connectivity index (χ0v) is 9.39. The first-order valence-corrected chi connectivity index (χ1v) is 5.22. The molecule has 0 aliphatic carbocycles. The van der Waals surface area contributed by atoms with Gasteiger partial charge in [0.25, 0.3) is 0 Å². The zero-order valence-electron chi connectivity index (χ0n) is 9.39. The summed E-state index contributed by atoms with van der Waals surface area (Å²) in [6.45, 7) is 7.80. The van der Waals surface area contributed by atoms with E-state index >= 15 is 0 Å². The van der Waals surface area contributed by atoms with E-state index in [-0.39, 0.29) is 0 Å². The van der Waals surface area contributed by atoms with Gasteiger partial charge < -0.3 is 14.7 Å². The quantitative estimate of drug-likeness (QED) is 0.524. The average molecular weight is 208 g/mol. The van der Waals surface area contributed by atoms with Crippen LogP contribution in [0.1, 0.15) is 13.8 Å². The molecule has 1 aliphatic heterocycles. The van der Waals surface area contributed by atoms with Gasteiger partial charge in [-0.2, -0.15) is 0 Å². The Morgan fingerprint density at radius 3 is 2.53 bits per heavy atom. The molecule has 0 spiro atoms. The van der Waals surface area contributed by atoms with Crippen LogP contribution in [0.4, 0.5) is 0 Å². The highest BCUT2D eigenvalue weighted by Crippen LogP contribution is 1.95. The van der Waals surface area contributed by atoms with E-state index in [9.17, 15) is 5.11 Å². The minimum absolute atomic E-state index is 0.809. The smallest absolute Gasteiger partial charge is 0.140 e. The summed E-state index contributed by atoms with van der Waals surface area (Å²) in [4.78, 5) is 1.44. The molecule has 1 rings (SSSR count). The molecule has 0 saturated carbocycles. The summed E-state index contributed by atoms with van der Waals surface area (Å²) < 4.78 is 5.24. The fourth-order valence-corrected chi connectivity index (χ4v) is 1.23. The third kappa shape index (κ3) is 6.14. The Morgan fingerprint density at radius 2 is 1.93 bits per heavy atom. The number of morpholine rings is 1. The van der Waals surface area contributed by atoms with Gasteiger partial charge in [-0.05, 0) is 31.6 Å². The number of hydrogen-bond acceptors (Lipinski definition) is 2. The van der Waals surface area contributed by atoms with E-state index in [2.05, 4.69) is 23.7 Å². The van der Waals surface area contributed by atoms with Gasteiger partial charge in [-0.3, -0.25) is 0 Å². The number of nitrogens with one attached hydrogen (secondary N) is 1. The third-order valence-electron chi connectivity index (χ3n) is 2.06. The molecule has 1 fully saturated rings. The van der Waals surface area contributed by atoms with Crippen molar-refractivity contribution < 1.29 is 14.7 Å². The van der Waals surface area contributed by atoms with Crippen LogP contribution in [-0.4, -0.2) is 43.6 Å². The van der Waals surface area contributed by atoms with E-state index in [1.165, 1.54) is 4.90 Å². The van der Waals surface area contributed by atoms with Gasteiger partial charge in [0.1, 0.15) is 25.2 Å². The van der Waals surface area contributed by atoms with Gasteiger partial charge in [-0.25, -0.2) is 0 Å². The van der Waals surface area contributed by atoms with Crippen molar-refractivity contribution in [3.63, 3.8) is 0 Å². The lowest BCUT2D eigenvalue weighted by atomic mass is 10.1. The van der Waals surface area contributed by atoms with Gasteiger partial charge in [0, 0.05) is 0 Å². The fourth-order valence-electron chi connectivity index (χ4n) is 1.23. The molecule has 1 saturated heterocycles. The summed E-state index contributed by atoms with van der Waals surface area (Å²) in [6, 6.07) is 0. The van der Waals surface area contributed by atoms with Crippen LogP contribution in [0.25, 0.3) is 0 Å². The van der Waals surface area contributed by atoms with Gasteiger partial charge in [-0.1, -0.05) is 5.92 Å². The predicted octanol–water partition coefficient (Wildman–Crippen LogP) is -1.32. The van der Waals surface area contributed by atoms with Crippen molar-refractivity contribution in [2.24, 2.45) is 0 Å². The van der Waals surface area contributed by atoms with Gasteiger partial charge in [0.2, 0.25) is 0 Å². The summed E-state index contributed by atoms with van der Waals surface area (Å²) in [5, 5.41) is 9.30. The summed E-state index contributed by atoms with van der Waals surface area (Å²) in [5.74, 6) is 11.1. The number of hydrogen-bond donors (Lipinski definition) is 2. The first kappa shape index (κ1) is 12.1. The number of quaternary nitrogens is 1. The van der Waals surface area contributed by atoms with E-state index in [1.807, 2.05) is 0 Å². The van der Waals surface area contributed by atoms with Crippen molar-refractivity contribution in [2.45, 2.75) is 19.4 Å². The SMILES string of the molecule is CC(C)(O)C#CC#CC[NH+]1CCOCC1. The summed E-state index contributed by atoms with van der Waals surface area (Å²) >= 11 is 0. The largest absolute Gasteiger partial charge is 0.378 e. The molecular formula is C12H18NO2+. The molecule has 1 aliphatic rings. The molecule has 82 valence electrons. The Labute approximate surface area is 91.4 Å². The highest BCUT2D eigenvalue weighted by molar-refractivity contribution is 5.28. The zero-order chi connectivity index (χ0) is 11.1. The lowest BCUT2D eigenvalue weighted by Crippen LogP contribution is -3.14. The number of ether oxygens (including phenoxy) is 1. The van der Waals surface area contributed by atoms with E-state index in [4.69, 9.17) is 4.74 Å². The summed E-state index contributed by atoms with van der Waals surface area (Å²) in [7, 11) is 0. The molecule has 0 unspecified atom stereocenters. The molecule has 0 aromatic heterocycles. The lowest BCUT2D eigenvalue weighted by molar-refractivity contribution is -0.900. The highest BCUT2D eigenvalue weighted by atomic mass is 16.5. The van der Waals surface area contributed by atoms with Crippen LogP contribution in [-0.2, 0) is 4.74 Å². The van der Waals surface area contributed by atoms with Crippen LogP contribution in [0.15, 0.2) is 0 Å². The Bertz CT molecular complexity index is 302. The first-order chi connectivity index (χ1) is 7.08. The maximum atomic E-state index is 9.30. The number of aliphatic hydroxyl groups is 1. The monoisotopic (exact) mass is 208 g/mol. The van der Waals surface area contributed by atoms with Crippen molar-refractivity contribution in [2.75, 3.05) is 32.8 Å². The lowest BCUT2D eigenvalue weighted by Gasteiger charge is -2.21. The van der Waals surface area contributed by atoms with E-state index in [1.54, 1.807) is 13.8 Å². The molecule has 0 bridgehead atoms. The molecule has 0 radical (unpaired) electrons. The van der Waals surface area contributed by atoms with Crippen LogP contribution < -0.4 is 4.90 Å². The van der Waals surface area contributed by atoms with Gasteiger partial charge in [0.15, 0.2) is 0 Å². The number of rotatable bonds is 1. The predicted molar refractivity (Wildman–Crippen MR) is 58.2 cm³/mol. The molecule has 3 nitrogen and oxygen atoms in total. The van der Waals surface area contributed by atoms with Crippen LogP contribution in [0, 0.1) is 23.7 Å². The summed E-state index contributed by atoms with van der Waals surface area (Å²) in [5.41, 5.74) is -0.944. The van der Waals surface area contributed by atoms with E-state index < -0.39 is 5.60 Å². The molecule has 1 heterocycles. The van der Waals surface area contributed by atoms with Crippen molar-refractivity contribution in [1.29, 1.82) is 0 Å². The molecule has 0 amide bonds. The van der Waals surface area contributed by atoms with E-state index in [0.29, 0.717) is 0 Å². The second-order valence-electron chi connectivity index (χ2n) is 4.15. The molecular weight excluding hydrogens is 190 g/mol. The molecule has 15 heavy (non-hydrogen) atoms. The average Bonchev–Trinajstić information content (AvgIpc) is 2.17. The van der Waals surface area contributed by atoms with Crippen molar-refractivity contribution in [3.05, 3.63) is 0 Å². The second-order valence-corrected chi connectivity index (χ2v) is 4.15. The standard InChI is InChI=1S/C12H17NO2/c1-12(2,14)6-4-3-5-7-13-8-10-15-11-9-13/h14H,7-11H2,1-2H3/p+1. The maximum absolute atomic E-state index is 9.30. The van der Waals surface area contributed by atoms with Gasteiger partial charge >= 0.3 is 0 Å². The second kappa shape index (κ2) is 5.78. The van der Waals surface area contributed by atoms with Crippen LogP contribution in [0.5, 0.6) is 0 Å². The van der Waals surface area contributed by atoms with Crippen LogP contribution >= 0.6 is 0 Å². The van der Waals surface area contributed by atoms with Gasteiger partial charge in [0.05, 0.1) is 13.2 Å². The van der Waals surface area contributed by atoms with Crippen molar-refractivity contribution in [3.8, 4) is 23.7 Å². The van der Waals surface area contributed by atoms with Gasteiger partial charge in [-0.15, -0.1) is 0 Å². The third-order valence-corrected chi connectivity index (χ3v) is 2.06. The maximum Gasteiger partial charge on any atom is 0.140 e. The Kier molecular flexibility index (Phi) is 4.65. The summed E-state index contributed by atoms with van der Waals surface area (Å²) in [6.07, 6.45) is 0. The molecule has 0 aromatic rings.